The zero-order chi connectivity index (χ0) is 14.3. The third-order valence-electron chi connectivity index (χ3n) is 2.45. The highest BCUT2D eigenvalue weighted by Gasteiger charge is 2.09. The number of sulfonamides is 1. The Kier molecular flexibility index (Phi) is 5.94. The molecule has 0 heterocycles. The van der Waals surface area contributed by atoms with Gasteiger partial charge in [-0.05, 0) is 24.6 Å². The Morgan fingerprint density at radius 2 is 1.95 bits per heavy atom. The number of nitrogens with one attached hydrogen (secondary N) is 2. The molecule has 0 unspecified atom stereocenters. The summed E-state index contributed by atoms with van der Waals surface area (Å²) in [7, 11) is -3.22. The predicted molar refractivity (Wildman–Crippen MR) is 74.4 cm³/mol. The minimum Gasteiger partial charge on any atom is -0.351 e. The summed E-state index contributed by atoms with van der Waals surface area (Å²) in [5, 5.41) is 2.66. The van der Waals surface area contributed by atoms with Crippen LogP contribution in [-0.4, -0.2) is 40.2 Å². The lowest BCUT2D eigenvalue weighted by Gasteiger charge is -2.09. The van der Waals surface area contributed by atoms with Crippen molar-refractivity contribution < 1.29 is 13.2 Å². The molecule has 0 radical (unpaired) electrons. The Bertz CT molecular complexity index is 529. The van der Waals surface area contributed by atoms with Crippen molar-refractivity contribution in [1.29, 1.82) is 0 Å². The number of carbonyl (C=O) groups excluding carboxylic acids is 1. The lowest BCUT2D eigenvalue weighted by atomic mass is 10.0. The van der Waals surface area contributed by atoms with E-state index in [1.165, 1.54) is 0 Å². The molecule has 19 heavy (non-hydrogen) atoms. The molecule has 1 amide bonds. The van der Waals surface area contributed by atoms with Crippen LogP contribution in [-0.2, 0) is 16.4 Å². The molecule has 6 nitrogen and oxygen atoms in total. The number of hydrogen-bond acceptors (Lipinski definition) is 4. The number of benzene rings is 1. The Hall–Kier alpha value is -1.44. The van der Waals surface area contributed by atoms with Gasteiger partial charge in [-0.15, -0.1) is 0 Å². The van der Waals surface area contributed by atoms with E-state index in [4.69, 9.17) is 5.73 Å². The average molecular weight is 285 g/mol. The summed E-state index contributed by atoms with van der Waals surface area (Å²) in [5.74, 6) is -0.223. The molecule has 0 fully saturated rings. The first-order valence-electron chi connectivity index (χ1n) is 5.95. The quantitative estimate of drug-likeness (QED) is 0.586. The van der Waals surface area contributed by atoms with Crippen LogP contribution in [0.3, 0.4) is 0 Å². The second kappa shape index (κ2) is 7.22. The monoisotopic (exact) mass is 285 g/mol. The molecule has 0 saturated carbocycles. The van der Waals surface area contributed by atoms with Gasteiger partial charge < -0.3 is 11.1 Å². The number of hydrogen-bond donors (Lipinski definition) is 3. The lowest BCUT2D eigenvalue weighted by Crippen LogP contribution is -2.34. The van der Waals surface area contributed by atoms with Crippen LogP contribution >= 0.6 is 0 Å². The van der Waals surface area contributed by atoms with Crippen LogP contribution in [0.2, 0.25) is 0 Å². The van der Waals surface area contributed by atoms with Gasteiger partial charge in [0.05, 0.1) is 6.26 Å². The van der Waals surface area contributed by atoms with E-state index in [1.54, 1.807) is 12.1 Å². The number of rotatable bonds is 7. The van der Waals surface area contributed by atoms with Gasteiger partial charge in [0.15, 0.2) is 0 Å². The lowest BCUT2D eigenvalue weighted by molar-refractivity contribution is 0.0953. The van der Waals surface area contributed by atoms with E-state index in [0.29, 0.717) is 18.5 Å². The van der Waals surface area contributed by atoms with E-state index in [0.717, 1.165) is 11.8 Å². The topological polar surface area (TPSA) is 101 Å². The van der Waals surface area contributed by atoms with Crippen molar-refractivity contribution in [3.63, 3.8) is 0 Å². The fourth-order valence-electron chi connectivity index (χ4n) is 1.62. The van der Waals surface area contributed by atoms with Gasteiger partial charge >= 0.3 is 0 Å². The molecule has 1 rings (SSSR count). The molecule has 0 aliphatic heterocycles. The molecule has 0 aromatic heterocycles. The third kappa shape index (κ3) is 5.82. The van der Waals surface area contributed by atoms with Gasteiger partial charge in [-0.1, -0.05) is 18.2 Å². The van der Waals surface area contributed by atoms with E-state index in [-0.39, 0.29) is 19.0 Å². The van der Waals surface area contributed by atoms with Crippen LogP contribution in [0.5, 0.6) is 0 Å². The maximum Gasteiger partial charge on any atom is 0.251 e. The highest BCUT2D eigenvalue weighted by atomic mass is 32.2. The molecule has 0 atom stereocenters. The zero-order valence-corrected chi connectivity index (χ0v) is 11.7. The summed E-state index contributed by atoms with van der Waals surface area (Å²) in [5.41, 5.74) is 6.95. The van der Waals surface area contributed by atoms with Gasteiger partial charge in [-0.2, -0.15) is 0 Å². The largest absolute Gasteiger partial charge is 0.351 e. The summed E-state index contributed by atoms with van der Waals surface area (Å²) in [6, 6.07) is 7.22. The molecule has 7 heteroatoms. The van der Waals surface area contributed by atoms with Crippen molar-refractivity contribution in [2.24, 2.45) is 5.73 Å². The smallest absolute Gasteiger partial charge is 0.251 e. The maximum atomic E-state index is 11.9. The van der Waals surface area contributed by atoms with Crippen molar-refractivity contribution in [1.82, 2.24) is 10.0 Å². The Balaban J connectivity index is 2.54. The average Bonchev–Trinajstić information content (AvgIpc) is 2.34. The van der Waals surface area contributed by atoms with Gasteiger partial charge in [-0.25, -0.2) is 13.1 Å². The molecular formula is C12H19N3O3S. The highest BCUT2D eigenvalue weighted by Crippen LogP contribution is 2.08. The summed E-state index contributed by atoms with van der Waals surface area (Å²) >= 11 is 0. The summed E-state index contributed by atoms with van der Waals surface area (Å²) in [6.07, 6.45) is 1.70. The molecule has 1 aromatic rings. The van der Waals surface area contributed by atoms with Gasteiger partial charge in [0.25, 0.3) is 5.91 Å². The molecule has 106 valence electrons. The molecule has 0 aliphatic carbocycles. The number of carbonyl (C=O) groups is 1. The molecular weight excluding hydrogens is 266 g/mol. The SMILES string of the molecule is CS(=O)(=O)NCCNC(=O)c1ccccc1CCN. The summed E-state index contributed by atoms with van der Waals surface area (Å²) in [4.78, 5) is 11.9. The van der Waals surface area contributed by atoms with Crippen LogP contribution in [0.15, 0.2) is 24.3 Å². The first kappa shape index (κ1) is 15.6. The molecule has 0 saturated heterocycles. The van der Waals surface area contributed by atoms with E-state index in [1.807, 2.05) is 12.1 Å². The van der Waals surface area contributed by atoms with E-state index in [2.05, 4.69) is 10.0 Å². The highest BCUT2D eigenvalue weighted by molar-refractivity contribution is 7.88. The normalized spacial score (nSPS) is 11.3. The fraction of sp³-hybridized carbons (Fsp3) is 0.417. The van der Waals surface area contributed by atoms with E-state index < -0.39 is 10.0 Å². The van der Waals surface area contributed by atoms with Crippen LogP contribution in [0, 0.1) is 0 Å². The van der Waals surface area contributed by atoms with Gasteiger partial charge in [0.2, 0.25) is 10.0 Å². The van der Waals surface area contributed by atoms with Crippen molar-refractivity contribution in [2.75, 3.05) is 25.9 Å². The van der Waals surface area contributed by atoms with Crippen molar-refractivity contribution in [3.05, 3.63) is 35.4 Å². The minimum atomic E-state index is -3.22. The summed E-state index contributed by atoms with van der Waals surface area (Å²) in [6.45, 7) is 0.881. The Labute approximate surface area is 113 Å². The molecule has 0 aliphatic rings. The summed E-state index contributed by atoms with van der Waals surface area (Å²) < 4.78 is 24.0. The van der Waals surface area contributed by atoms with Crippen molar-refractivity contribution in [3.8, 4) is 0 Å². The zero-order valence-electron chi connectivity index (χ0n) is 10.8. The first-order chi connectivity index (χ1) is 8.94. The molecule has 4 N–H and O–H groups in total. The second-order valence-corrected chi connectivity index (χ2v) is 5.95. The first-order valence-corrected chi connectivity index (χ1v) is 7.84. The maximum absolute atomic E-state index is 11.9. The fourth-order valence-corrected chi connectivity index (χ4v) is 2.10. The van der Waals surface area contributed by atoms with Crippen LogP contribution in [0.25, 0.3) is 0 Å². The minimum absolute atomic E-state index is 0.170. The molecule has 0 spiro atoms. The third-order valence-corrected chi connectivity index (χ3v) is 3.18. The van der Waals surface area contributed by atoms with Crippen LogP contribution < -0.4 is 15.8 Å². The Morgan fingerprint density at radius 3 is 2.58 bits per heavy atom. The predicted octanol–water partition coefficient (Wildman–Crippen LogP) is -0.533. The van der Waals surface area contributed by atoms with Crippen LogP contribution in [0.1, 0.15) is 15.9 Å². The van der Waals surface area contributed by atoms with Crippen molar-refractivity contribution >= 4 is 15.9 Å². The van der Waals surface area contributed by atoms with Gasteiger partial charge in [-0.3, -0.25) is 4.79 Å². The van der Waals surface area contributed by atoms with Crippen LogP contribution in [0.4, 0.5) is 0 Å². The number of amides is 1. The van der Waals surface area contributed by atoms with Gasteiger partial charge in [0, 0.05) is 18.7 Å². The standard InChI is InChI=1S/C12H19N3O3S/c1-19(17,18)15-9-8-14-12(16)11-5-3-2-4-10(11)6-7-13/h2-5,15H,6-9,13H2,1H3,(H,14,16). The Morgan fingerprint density at radius 1 is 1.26 bits per heavy atom. The van der Waals surface area contributed by atoms with Crippen molar-refractivity contribution in [2.45, 2.75) is 6.42 Å². The van der Waals surface area contributed by atoms with Gasteiger partial charge in [0.1, 0.15) is 0 Å². The van der Waals surface area contributed by atoms with E-state index in [9.17, 15) is 13.2 Å². The molecule has 1 aromatic carbocycles. The number of nitrogens with two attached hydrogens (primary N) is 1. The van der Waals surface area contributed by atoms with E-state index >= 15 is 0 Å². The molecule has 0 bridgehead atoms. The second-order valence-electron chi connectivity index (χ2n) is 4.12.